The maximum absolute atomic E-state index is 0. The predicted molar refractivity (Wildman–Crippen MR) is 22.8 cm³/mol. The van der Waals surface area contributed by atoms with E-state index in [-0.39, 0.29) is 85.7 Å². The van der Waals surface area contributed by atoms with Gasteiger partial charge in [0.05, 0.1) is 0 Å². The Morgan fingerprint density at radius 3 is 0.429 bits per heavy atom. The number of hydrogen-bond acceptors (Lipinski definition) is 0. The van der Waals surface area contributed by atoms with E-state index < -0.39 is 0 Å². The third kappa shape index (κ3) is 110. The van der Waals surface area contributed by atoms with Crippen molar-refractivity contribution in [2.75, 3.05) is 0 Å². The van der Waals surface area contributed by atoms with Crippen molar-refractivity contribution in [3.05, 3.63) is 0 Å². The summed E-state index contributed by atoms with van der Waals surface area (Å²) in [7, 11) is 0. The van der Waals surface area contributed by atoms with Crippen LogP contribution in [-0.4, -0.2) is 32.9 Å². The minimum absolute atomic E-state index is 0. The molecule has 50 valence electrons. The van der Waals surface area contributed by atoms with Crippen LogP contribution in [0.15, 0.2) is 0 Å². The summed E-state index contributed by atoms with van der Waals surface area (Å²) in [6.07, 6.45) is 0. The van der Waals surface area contributed by atoms with Gasteiger partial charge in [-0.1, -0.05) is 0 Å². The smallest absolute Gasteiger partial charge is 1.00 e. The first-order valence-corrected chi connectivity index (χ1v) is 0. The van der Waals surface area contributed by atoms with Crippen LogP contribution in [0, 0.1) is 0 Å². The van der Waals surface area contributed by atoms with Gasteiger partial charge in [-0.05, 0) is 0 Å². The largest absolute Gasteiger partial charge is 1.00 e. The van der Waals surface area contributed by atoms with E-state index in [4.69, 9.17) is 0 Å². The molecule has 0 fully saturated rings. The zero-order chi connectivity index (χ0) is 0. The summed E-state index contributed by atoms with van der Waals surface area (Å²) in [5.74, 6) is 0. The minimum atomic E-state index is 0. The van der Waals surface area contributed by atoms with E-state index >= 15 is 0 Å². The van der Waals surface area contributed by atoms with Crippen molar-refractivity contribution < 1.29 is 85.7 Å². The van der Waals surface area contributed by atoms with Crippen LogP contribution < -0.4 is 51.4 Å². The Hall–Kier alpha value is 1.40. The van der Waals surface area contributed by atoms with Crippen LogP contribution in [0.3, 0.4) is 0 Å². The van der Waals surface area contributed by atoms with Gasteiger partial charge >= 0.3 is 51.4 Å². The van der Waals surface area contributed by atoms with Crippen molar-refractivity contribution in [3.8, 4) is 0 Å². The van der Waals surface area contributed by atoms with Gasteiger partial charge in [0.25, 0.3) is 0 Å². The SMILES string of the molecule is O.O.O.O.O.O.[H-].[K+]. The zero-order valence-corrected chi connectivity index (χ0v) is 7.12. The van der Waals surface area contributed by atoms with Crippen molar-refractivity contribution in [3.63, 3.8) is 0 Å². The van der Waals surface area contributed by atoms with Crippen LogP contribution >= 0.6 is 0 Å². The van der Waals surface area contributed by atoms with E-state index in [0.29, 0.717) is 0 Å². The fraction of sp³-hybridized carbons (Fsp3) is 0. The molecule has 0 bridgehead atoms. The molecule has 0 atom stereocenters. The van der Waals surface area contributed by atoms with Crippen molar-refractivity contribution in [2.45, 2.75) is 0 Å². The molecule has 0 aliphatic carbocycles. The Bertz CT molecular complexity index is 8.49. The Kier molecular flexibility index (Phi) is 5220. The van der Waals surface area contributed by atoms with E-state index in [1.807, 2.05) is 0 Å². The molecule has 0 aliphatic rings. The molecule has 7 heavy (non-hydrogen) atoms. The van der Waals surface area contributed by atoms with Crippen LogP contribution in [0.5, 0.6) is 0 Å². The number of hydrogen-bond donors (Lipinski definition) is 0. The van der Waals surface area contributed by atoms with Crippen molar-refractivity contribution in [1.82, 2.24) is 0 Å². The summed E-state index contributed by atoms with van der Waals surface area (Å²) in [6.45, 7) is 0. The van der Waals surface area contributed by atoms with Crippen LogP contribution in [0.4, 0.5) is 0 Å². The molecule has 0 spiro atoms. The predicted octanol–water partition coefficient (Wildman–Crippen LogP) is -7.83. The molecule has 0 saturated carbocycles. The fourth-order valence-corrected chi connectivity index (χ4v) is 0. The maximum atomic E-state index is 0. The summed E-state index contributed by atoms with van der Waals surface area (Å²) in [5, 5.41) is 0. The van der Waals surface area contributed by atoms with E-state index in [0.717, 1.165) is 0 Å². The van der Waals surface area contributed by atoms with Gasteiger partial charge in [-0.15, -0.1) is 0 Å². The molecule has 0 heterocycles. The zero-order valence-electron chi connectivity index (χ0n) is 5.00. The van der Waals surface area contributed by atoms with Crippen molar-refractivity contribution in [2.24, 2.45) is 0 Å². The Morgan fingerprint density at radius 2 is 0.429 bits per heavy atom. The monoisotopic (exact) mass is 148 g/mol. The molecular formula is H13KO6. The van der Waals surface area contributed by atoms with Crippen molar-refractivity contribution in [1.29, 1.82) is 0 Å². The van der Waals surface area contributed by atoms with Crippen molar-refractivity contribution >= 4 is 0 Å². The van der Waals surface area contributed by atoms with Gasteiger partial charge < -0.3 is 34.3 Å². The van der Waals surface area contributed by atoms with Gasteiger partial charge in [-0.2, -0.15) is 0 Å². The topological polar surface area (TPSA) is 189 Å². The molecule has 0 saturated heterocycles. The summed E-state index contributed by atoms with van der Waals surface area (Å²) < 4.78 is 0. The maximum Gasteiger partial charge on any atom is 1.00 e. The van der Waals surface area contributed by atoms with E-state index in [2.05, 4.69) is 0 Å². The minimum Gasteiger partial charge on any atom is -1.00 e. The molecule has 0 radical (unpaired) electrons. The third-order valence-electron chi connectivity index (χ3n) is 0. The Labute approximate surface area is 84.7 Å². The molecule has 0 aromatic heterocycles. The van der Waals surface area contributed by atoms with E-state index in [1.54, 1.807) is 0 Å². The quantitative estimate of drug-likeness (QED) is 0.295. The van der Waals surface area contributed by atoms with Crippen LogP contribution in [0.2, 0.25) is 0 Å². The molecule has 0 aromatic carbocycles. The molecule has 0 aromatic rings. The Balaban J connectivity index is 0. The van der Waals surface area contributed by atoms with E-state index in [9.17, 15) is 0 Å². The van der Waals surface area contributed by atoms with Gasteiger partial charge in [-0.25, -0.2) is 0 Å². The second-order valence-electron chi connectivity index (χ2n) is 0. The van der Waals surface area contributed by atoms with Gasteiger partial charge in [0.2, 0.25) is 0 Å². The molecule has 0 amide bonds. The van der Waals surface area contributed by atoms with Gasteiger partial charge in [0.15, 0.2) is 0 Å². The fourth-order valence-electron chi connectivity index (χ4n) is 0. The molecule has 6 nitrogen and oxygen atoms in total. The number of rotatable bonds is 0. The molecular weight excluding hydrogens is 135 g/mol. The second kappa shape index (κ2) is 155. The van der Waals surface area contributed by atoms with Crippen LogP contribution in [-0.2, 0) is 0 Å². The molecule has 7 heteroatoms. The Morgan fingerprint density at radius 1 is 0.429 bits per heavy atom. The van der Waals surface area contributed by atoms with Gasteiger partial charge in [-0.3, -0.25) is 0 Å². The summed E-state index contributed by atoms with van der Waals surface area (Å²) in [4.78, 5) is 0. The summed E-state index contributed by atoms with van der Waals surface area (Å²) in [6, 6.07) is 0. The third-order valence-corrected chi connectivity index (χ3v) is 0. The van der Waals surface area contributed by atoms with Gasteiger partial charge in [0.1, 0.15) is 0 Å². The van der Waals surface area contributed by atoms with E-state index in [1.165, 1.54) is 0 Å². The molecule has 12 N–H and O–H groups in total. The van der Waals surface area contributed by atoms with Crippen LogP contribution in [0.1, 0.15) is 1.43 Å². The molecule has 0 aliphatic heterocycles. The standard InChI is InChI=1S/K.6H2O.H/h;6*1H2;/q+1;;;;;;;-1. The second-order valence-corrected chi connectivity index (χ2v) is 0. The summed E-state index contributed by atoms with van der Waals surface area (Å²) >= 11 is 0. The average Bonchev–Trinajstić information content (AvgIpc) is 0. The van der Waals surface area contributed by atoms with Gasteiger partial charge in [0, 0.05) is 0 Å². The first kappa shape index (κ1) is 236. The van der Waals surface area contributed by atoms with Crippen LogP contribution in [0.25, 0.3) is 0 Å². The molecule has 0 rings (SSSR count). The normalized spacial score (nSPS) is 0. The first-order valence-electron chi connectivity index (χ1n) is 0. The summed E-state index contributed by atoms with van der Waals surface area (Å²) in [5.41, 5.74) is 0. The molecule has 0 unspecified atom stereocenters. The first-order chi connectivity index (χ1) is 0. The average molecular weight is 148 g/mol.